The second kappa shape index (κ2) is 10.2. The Hall–Kier alpha value is -3.73. The number of allylic oxidation sites excluding steroid dienone is 1. The maximum absolute atomic E-state index is 13.9. The van der Waals surface area contributed by atoms with Crippen molar-refractivity contribution in [1.82, 2.24) is 9.97 Å². The van der Waals surface area contributed by atoms with Crippen LogP contribution in [0.3, 0.4) is 0 Å². The van der Waals surface area contributed by atoms with Gasteiger partial charge in [0.2, 0.25) is 5.91 Å². The second-order valence-corrected chi connectivity index (χ2v) is 6.12. The number of aliphatic hydroxyl groups excluding tert-OH is 1. The summed E-state index contributed by atoms with van der Waals surface area (Å²) in [5.74, 6) is -3.32. The molecule has 1 atom stereocenters. The Morgan fingerprint density at radius 2 is 1.97 bits per heavy atom. The van der Waals surface area contributed by atoms with E-state index in [1.54, 1.807) is 6.07 Å². The lowest BCUT2D eigenvalue weighted by molar-refractivity contribution is -0.119. The third kappa shape index (κ3) is 5.88. The summed E-state index contributed by atoms with van der Waals surface area (Å²) in [4.78, 5) is 34.8. The maximum atomic E-state index is 13.9. The van der Waals surface area contributed by atoms with Crippen LogP contribution in [-0.2, 0) is 16.1 Å². The summed E-state index contributed by atoms with van der Waals surface area (Å²) >= 11 is 0. The predicted octanol–water partition coefficient (Wildman–Crippen LogP) is 0.543. The van der Waals surface area contributed by atoms with Crippen molar-refractivity contribution in [3.05, 3.63) is 59.6 Å². The monoisotopic (exact) mass is 418 g/mol. The van der Waals surface area contributed by atoms with E-state index < -0.39 is 41.8 Å². The van der Waals surface area contributed by atoms with Gasteiger partial charge >= 0.3 is 0 Å². The number of aromatic nitrogens is 2. The van der Waals surface area contributed by atoms with Gasteiger partial charge in [-0.2, -0.15) is 0 Å². The Labute approximate surface area is 170 Å². The van der Waals surface area contributed by atoms with Crippen molar-refractivity contribution in [3.63, 3.8) is 0 Å². The van der Waals surface area contributed by atoms with Crippen LogP contribution in [0.15, 0.2) is 41.5 Å². The summed E-state index contributed by atoms with van der Waals surface area (Å²) in [7, 11) is 0. The largest absolute Gasteiger partial charge is 0.396 e. The molecule has 2 rings (SSSR count). The molecule has 1 heterocycles. The molecule has 0 saturated carbocycles. The van der Waals surface area contributed by atoms with Crippen molar-refractivity contribution >= 4 is 28.9 Å². The summed E-state index contributed by atoms with van der Waals surface area (Å²) < 4.78 is 27.7. The molecule has 158 valence electrons. The highest BCUT2D eigenvalue weighted by Crippen LogP contribution is 2.14. The molecule has 0 fully saturated rings. The molecule has 9 nitrogen and oxygen atoms in total. The van der Waals surface area contributed by atoms with E-state index in [-0.39, 0.29) is 29.3 Å². The lowest BCUT2D eigenvalue weighted by atomic mass is 10.2. The van der Waals surface area contributed by atoms with Gasteiger partial charge in [-0.05, 0) is 12.1 Å². The predicted molar refractivity (Wildman–Crippen MR) is 106 cm³/mol. The molecule has 0 radical (unpaired) electrons. The fourth-order valence-corrected chi connectivity index (χ4v) is 2.25. The first-order valence-corrected chi connectivity index (χ1v) is 8.68. The number of anilines is 1. The molecule has 0 aliphatic heterocycles. The topological polar surface area (TPSA) is 157 Å². The van der Waals surface area contributed by atoms with Gasteiger partial charge in [-0.1, -0.05) is 18.2 Å². The summed E-state index contributed by atoms with van der Waals surface area (Å²) in [6, 6.07) is 4.69. The number of carbonyl (C=O) groups excluding carboxylic acids is 2. The fraction of sp³-hybridized carbons (Fsp3) is 0.211. The molecule has 0 aliphatic rings. The van der Waals surface area contributed by atoms with Gasteiger partial charge in [0.1, 0.15) is 17.6 Å². The Bertz CT molecular complexity index is 1010. The molecule has 30 heavy (non-hydrogen) atoms. The SMILES string of the molecule is CC(=O)C(C=C(N)c1ncc(F)c(NC(CO)C(N)=O)n1)=NCc1ccccc1F. The lowest BCUT2D eigenvalue weighted by Gasteiger charge is -2.14. The second-order valence-electron chi connectivity index (χ2n) is 6.12. The normalized spacial score (nSPS) is 13.1. The average molecular weight is 418 g/mol. The highest BCUT2D eigenvalue weighted by Gasteiger charge is 2.18. The van der Waals surface area contributed by atoms with Gasteiger partial charge in [-0.15, -0.1) is 0 Å². The van der Waals surface area contributed by atoms with E-state index in [4.69, 9.17) is 16.6 Å². The molecular formula is C19H20F2N6O3. The van der Waals surface area contributed by atoms with Crippen LogP contribution in [-0.4, -0.2) is 45.1 Å². The molecule has 0 spiro atoms. The molecular weight excluding hydrogens is 398 g/mol. The van der Waals surface area contributed by atoms with E-state index in [1.165, 1.54) is 31.2 Å². The van der Waals surface area contributed by atoms with Crippen LogP contribution in [0.1, 0.15) is 18.3 Å². The molecule has 0 bridgehead atoms. The third-order valence-electron chi connectivity index (χ3n) is 3.87. The lowest BCUT2D eigenvalue weighted by Crippen LogP contribution is -2.39. The number of amides is 1. The minimum atomic E-state index is -1.28. The van der Waals surface area contributed by atoms with Crippen molar-refractivity contribution in [2.24, 2.45) is 16.5 Å². The Morgan fingerprint density at radius 1 is 1.27 bits per heavy atom. The minimum absolute atomic E-state index is 0.0662. The number of aliphatic imine (C=N–C) groups is 1. The van der Waals surface area contributed by atoms with Crippen molar-refractivity contribution in [3.8, 4) is 0 Å². The molecule has 2 aromatic rings. The summed E-state index contributed by atoms with van der Waals surface area (Å²) in [6.45, 7) is 0.469. The molecule has 1 aromatic heterocycles. The van der Waals surface area contributed by atoms with Crippen LogP contribution < -0.4 is 16.8 Å². The van der Waals surface area contributed by atoms with Crippen molar-refractivity contribution < 1.29 is 23.5 Å². The van der Waals surface area contributed by atoms with Crippen molar-refractivity contribution in [1.29, 1.82) is 0 Å². The van der Waals surface area contributed by atoms with E-state index >= 15 is 0 Å². The van der Waals surface area contributed by atoms with Crippen LogP contribution in [0.5, 0.6) is 0 Å². The first-order valence-electron chi connectivity index (χ1n) is 8.68. The Morgan fingerprint density at radius 3 is 2.57 bits per heavy atom. The number of primary amides is 1. The number of carbonyl (C=O) groups is 2. The van der Waals surface area contributed by atoms with Crippen molar-refractivity contribution in [2.45, 2.75) is 19.5 Å². The van der Waals surface area contributed by atoms with Crippen LogP contribution in [0.2, 0.25) is 0 Å². The highest BCUT2D eigenvalue weighted by atomic mass is 19.1. The average Bonchev–Trinajstić information content (AvgIpc) is 2.70. The highest BCUT2D eigenvalue weighted by molar-refractivity contribution is 6.44. The van der Waals surface area contributed by atoms with E-state index in [1.807, 2.05) is 0 Å². The van der Waals surface area contributed by atoms with E-state index in [2.05, 4.69) is 20.3 Å². The number of aliphatic hydroxyl groups is 1. The quantitative estimate of drug-likeness (QED) is 0.433. The number of hydrogen-bond acceptors (Lipinski definition) is 8. The fourth-order valence-electron chi connectivity index (χ4n) is 2.25. The third-order valence-corrected chi connectivity index (χ3v) is 3.87. The number of ketones is 1. The molecule has 1 amide bonds. The molecule has 1 unspecified atom stereocenters. The van der Waals surface area contributed by atoms with Crippen LogP contribution in [0, 0.1) is 11.6 Å². The number of Topliss-reactive ketones (excluding diaryl/α,β-unsaturated/α-hetero) is 1. The standard InChI is InChI=1S/C19H20F2N6O3/c1-10(29)15(24-7-11-4-2-3-5-12(11)20)6-14(22)19-25-8-13(21)18(27-19)26-16(9-28)17(23)30/h2-6,8,16,28H,7,9,22H2,1H3,(H2,23,30)(H,25,26,27). The summed E-state index contributed by atoms with van der Waals surface area (Å²) in [6.07, 6.45) is 1.97. The number of halogens is 2. The number of rotatable bonds is 9. The number of nitrogens with one attached hydrogen (secondary N) is 1. The van der Waals surface area contributed by atoms with Gasteiger partial charge in [0, 0.05) is 12.5 Å². The molecule has 1 aromatic carbocycles. The van der Waals surface area contributed by atoms with Gasteiger partial charge in [0.25, 0.3) is 0 Å². The van der Waals surface area contributed by atoms with Gasteiger partial charge in [0.15, 0.2) is 23.2 Å². The van der Waals surface area contributed by atoms with E-state index in [0.29, 0.717) is 0 Å². The molecule has 0 saturated heterocycles. The van der Waals surface area contributed by atoms with E-state index in [0.717, 1.165) is 6.20 Å². The number of nitrogens with zero attached hydrogens (tertiary/aromatic N) is 3. The zero-order valence-corrected chi connectivity index (χ0v) is 16.0. The first kappa shape index (κ1) is 22.6. The maximum Gasteiger partial charge on any atom is 0.242 e. The van der Waals surface area contributed by atoms with Crippen LogP contribution in [0.4, 0.5) is 14.6 Å². The van der Waals surface area contributed by atoms with Gasteiger partial charge in [-0.3, -0.25) is 14.6 Å². The number of nitrogens with two attached hydrogens (primary N) is 2. The van der Waals surface area contributed by atoms with Crippen LogP contribution >= 0.6 is 0 Å². The number of benzene rings is 1. The summed E-state index contributed by atoms with van der Waals surface area (Å²) in [5.41, 5.74) is 11.1. The zero-order chi connectivity index (χ0) is 22.3. The van der Waals surface area contributed by atoms with Gasteiger partial charge < -0.3 is 21.9 Å². The van der Waals surface area contributed by atoms with Crippen LogP contribution in [0.25, 0.3) is 5.70 Å². The Kier molecular flexibility index (Phi) is 7.64. The molecule has 11 heteroatoms. The zero-order valence-electron chi connectivity index (χ0n) is 16.0. The first-order chi connectivity index (χ1) is 14.2. The van der Waals surface area contributed by atoms with Gasteiger partial charge in [0.05, 0.1) is 25.0 Å². The molecule has 6 N–H and O–H groups in total. The summed E-state index contributed by atoms with van der Waals surface area (Å²) in [5, 5.41) is 11.5. The van der Waals surface area contributed by atoms with E-state index in [9.17, 15) is 18.4 Å². The molecule has 0 aliphatic carbocycles. The smallest absolute Gasteiger partial charge is 0.242 e. The number of hydrogen-bond donors (Lipinski definition) is 4. The van der Waals surface area contributed by atoms with Crippen molar-refractivity contribution in [2.75, 3.05) is 11.9 Å². The van der Waals surface area contributed by atoms with Gasteiger partial charge in [-0.25, -0.2) is 18.7 Å². The minimum Gasteiger partial charge on any atom is -0.396 e. The Balaban J connectivity index is 2.31.